The first-order chi connectivity index (χ1) is 14.5. The van der Waals surface area contributed by atoms with Crippen molar-refractivity contribution in [2.75, 3.05) is 32.2 Å². The second kappa shape index (κ2) is 10.0. The van der Waals surface area contributed by atoms with Gasteiger partial charge < -0.3 is 24.8 Å². The van der Waals surface area contributed by atoms with Gasteiger partial charge in [-0.25, -0.2) is 4.79 Å². The van der Waals surface area contributed by atoms with Crippen LogP contribution in [0.4, 0.5) is 5.69 Å². The third-order valence-corrected chi connectivity index (χ3v) is 4.86. The molecule has 0 aromatic heterocycles. The molecule has 1 aliphatic heterocycles. The summed E-state index contributed by atoms with van der Waals surface area (Å²) in [5, 5.41) is 5.90. The minimum absolute atomic E-state index is 0.124. The van der Waals surface area contributed by atoms with Gasteiger partial charge in [-0.1, -0.05) is 32.0 Å². The molecule has 0 fully saturated rings. The van der Waals surface area contributed by atoms with Crippen LogP contribution in [0.25, 0.3) is 0 Å². The first-order valence-corrected chi connectivity index (χ1v) is 10.1. The maximum Gasteiger partial charge on any atom is 0.340 e. The number of amides is 1. The van der Waals surface area contributed by atoms with E-state index in [1.54, 1.807) is 25.2 Å². The number of esters is 1. The van der Waals surface area contributed by atoms with Gasteiger partial charge in [-0.2, -0.15) is 0 Å². The molecular weight excluding hydrogens is 384 g/mol. The van der Waals surface area contributed by atoms with Crippen LogP contribution in [0.3, 0.4) is 0 Å². The maximum atomic E-state index is 12.5. The molecule has 0 unspecified atom stereocenters. The van der Waals surface area contributed by atoms with E-state index in [9.17, 15) is 9.59 Å². The van der Waals surface area contributed by atoms with Crippen molar-refractivity contribution in [3.63, 3.8) is 0 Å². The van der Waals surface area contributed by atoms with Crippen molar-refractivity contribution in [1.82, 2.24) is 5.32 Å². The van der Waals surface area contributed by atoms with Gasteiger partial charge in [0.2, 0.25) is 0 Å². The molecule has 2 aromatic carbocycles. The Balaban J connectivity index is 1.64. The number of para-hydroxylation sites is 1. The van der Waals surface area contributed by atoms with E-state index in [0.29, 0.717) is 36.0 Å². The summed E-state index contributed by atoms with van der Waals surface area (Å²) in [4.78, 5) is 24.8. The van der Waals surface area contributed by atoms with Gasteiger partial charge in [-0.3, -0.25) is 4.79 Å². The molecular formula is C23H28N2O5. The van der Waals surface area contributed by atoms with Gasteiger partial charge >= 0.3 is 5.97 Å². The number of benzene rings is 2. The van der Waals surface area contributed by atoms with Crippen LogP contribution in [0.5, 0.6) is 11.5 Å². The summed E-state index contributed by atoms with van der Waals surface area (Å²) in [7, 11) is 1.72. The summed E-state index contributed by atoms with van der Waals surface area (Å²) >= 11 is 0. The van der Waals surface area contributed by atoms with E-state index in [0.717, 1.165) is 12.0 Å². The fraction of sp³-hybridized carbons (Fsp3) is 0.391. The first-order valence-electron chi connectivity index (χ1n) is 10.1. The third kappa shape index (κ3) is 5.23. The van der Waals surface area contributed by atoms with E-state index in [1.165, 1.54) is 0 Å². The third-order valence-electron chi connectivity index (χ3n) is 4.86. The van der Waals surface area contributed by atoms with Crippen molar-refractivity contribution in [2.45, 2.75) is 26.3 Å². The van der Waals surface area contributed by atoms with Gasteiger partial charge in [0.05, 0.1) is 24.8 Å². The molecule has 1 amide bonds. The van der Waals surface area contributed by atoms with Crippen molar-refractivity contribution in [1.29, 1.82) is 0 Å². The molecule has 2 N–H and O–H groups in total. The van der Waals surface area contributed by atoms with Crippen LogP contribution in [0, 0.1) is 5.92 Å². The van der Waals surface area contributed by atoms with Crippen molar-refractivity contribution >= 4 is 17.6 Å². The lowest BCUT2D eigenvalue weighted by atomic mass is 9.95. The molecule has 7 nitrogen and oxygen atoms in total. The fourth-order valence-corrected chi connectivity index (χ4v) is 3.31. The van der Waals surface area contributed by atoms with E-state index in [1.807, 2.05) is 38.1 Å². The number of nitrogens with one attached hydrogen (secondary N) is 2. The average molecular weight is 412 g/mol. The van der Waals surface area contributed by atoms with Gasteiger partial charge in [0.15, 0.2) is 18.1 Å². The Hall–Kier alpha value is -3.22. The molecule has 0 bridgehead atoms. The van der Waals surface area contributed by atoms with Gasteiger partial charge in [-0.05, 0) is 35.7 Å². The number of rotatable bonds is 7. The Labute approximate surface area is 176 Å². The second-order valence-corrected chi connectivity index (χ2v) is 7.42. The minimum Gasteiger partial charge on any atom is -0.490 e. The van der Waals surface area contributed by atoms with E-state index >= 15 is 0 Å². The molecule has 30 heavy (non-hydrogen) atoms. The second-order valence-electron chi connectivity index (χ2n) is 7.42. The zero-order valence-electron chi connectivity index (χ0n) is 17.6. The largest absolute Gasteiger partial charge is 0.490 e. The normalized spacial score (nSPS) is 13.9. The van der Waals surface area contributed by atoms with Crippen LogP contribution in [0.15, 0.2) is 42.5 Å². The van der Waals surface area contributed by atoms with Crippen LogP contribution in [-0.2, 0) is 9.53 Å². The number of anilines is 1. The standard InChI is InChI=1S/C23H28N2O5/c1-15(2)22(16-9-10-19-20(13-16)29-12-6-11-28-19)25-21(26)14-30-23(27)17-7-4-5-8-18(17)24-3/h4-5,7-10,13,15,22,24H,6,11-12,14H2,1-3H3,(H,25,26)/t22-/m1/s1. The molecule has 1 aliphatic rings. The Kier molecular flexibility index (Phi) is 7.17. The summed E-state index contributed by atoms with van der Waals surface area (Å²) in [6, 6.07) is 12.4. The Bertz CT molecular complexity index is 897. The topological polar surface area (TPSA) is 85.9 Å². The van der Waals surface area contributed by atoms with Gasteiger partial charge in [0.25, 0.3) is 5.91 Å². The highest BCUT2D eigenvalue weighted by Gasteiger charge is 2.22. The number of hydrogen-bond acceptors (Lipinski definition) is 6. The van der Waals surface area contributed by atoms with Crippen LogP contribution in [0.2, 0.25) is 0 Å². The molecule has 0 radical (unpaired) electrons. The zero-order chi connectivity index (χ0) is 21.5. The smallest absolute Gasteiger partial charge is 0.340 e. The number of carbonyl (C=O) groups is 2. The average Bonchev–Trinajstić information content (AvgIpc) is 3.00. The van der Waals surface area contributed by atoms with Crippen molar-refractivity contribution in [3.8, 4) is 11.5 Å². The first kappa shape index (κ1) is 21.5. The molecule has 3 rings (SSSR count). The summed E-state index contributed by atoms with van der Waals surface area (Å²) in [5.74, 6) is 0.601. The molecule has 160 valence electrons. The number of fused-ring (bicyclic) bond motifs is 1. The van der Waals surface area contributed by atoms with Crippen LogP contribution in [0.1, 0.15) is 42.2 Å². The van der Waals surface area contributed by atoms with Crippen LogP contribution < -0.4 is 20.1 Å². The Morgan fingerprint density at radius 3 is 2.53 bits per heavy atom. The van der Waals surface area contributed by atoms with E-state index in [4.69, 9.17) is 14.2 Å². The fourth-order valence-electron chi connectivity index (χ4n) is 3.31. The summed E-state index contributed by atoms with van der Waals surface area (Å²) in [6.45, 7) is 4.90. The Morgan fingerprint density at radius 1 is 1.07 bits per heavy atom. The SMILES string of the molecule is CNc1ccccc1C(=O)OCC(=O)N[C@@H](c1ccc2c(c1)OCCCO2)C(C)C. The lowest BCUT2D eigenvalue weighted by molar-refractivity contribution is -0.125. The van der Waals surface area contributed by atoms with Crippen LogP contribution in [-0.4, -0.2) is 38.7 Å². The van der Waals surface area contributed by atoms with Gasteiger partial charge in [0.1, 0.15) is 0 Å². The van der Waals surface area contributed by atoms with Gasteiger partial charge in [-0.15, -0.1) is 0 Å². The molecule has 1 heterocycles. The monoisotopic (exact) mass is 412 g/mol. The number of carbonyl (C=O) groups excluding carboxylic acids is 2. The van der Waals surface area contributed by atoms with Crippen molar-refractivity contribution in [3.05, 3.63) is 53.6 Å². The minimum atomic E-state index is -0.549. The van der Waals surface area contributed by atoms with Crippen molar-refractivity contribution in [2.24, 2.45) is 5.92 Å². The summed E-state index contributed by atoms with van der Waals surface area (Å²) < 4.78 is 16.7. The highest BCUT2D eigenvalue weighted by Crippen LogP contribution is 2.34. The van der Waals surface area contributed by atoms with E-state index in [-0.39, 0.29) is 24.5 Å². The zero-order valence-corrected chi connectivity index (χ0v) is 17.6. The maximum absolute atomic E-state index is 12.5. The van der Waals surface area contributed by atoms with Crippen molar-refractivity contribution < 1.29 is 23.8 Å². The molecule has 1 atom stereocenters. The van der Waals surface area contributed by atoms with Gasteiger partial charge in [0, 0.05) is 19.2 Å². The van der Waals surface area contributed by atoms with E-state index < -0.39 is 5.97 Å². The molecule has 0 saturated heterocycles. The number of ether oxygens (including phenoxy) is 3. The predicted octanol–water partition coefficient (Wildman–Crippen LogP) is 3.56. The lowest BCUT2D eigenvalue weighted by Crippen LogP contribution is -2.35. The molecule has 0 aliphatic carbocycles. The van der Waals surface area contributed by atoms with Crippen LogP contribution >= 0.6 is 0 Å². The predicted molar refractivity (Wildman–Crippen MR) is 114 cm³/mol. The Morgan fingerprint density at radius 2 is 1.80 bits per heavy atom. The highest BCUT2D eigenvalue weighted by atomic mass is 16.5. The molecule has 7 heteroatoms. The highest BCUT2D eigenvalue weighted by molar-refractivity contribution is 5.96. The van der Waals surface area contributed by atoms with E-state index in [2.05, 4.69) is 10.6 Å². The molecule has 0 saturated carbocycles. The molecule has 0 spiro atoms. The number of hydrogen-bond donors (Lipinski definition) is 2. The quantitative estimate of drug-likeness (QED) is 0.677. The summed E-state index contributed by atoms with van der Waals surface area (Å²) in [6.07, 6.45) is 0.830. The summed E-state index contributed by atoms with van der Waals surface area (Å²) in [5.41, 5.74) is 1.95. The lowest BCUT2D eigenvalue weighted by Gasteiger charge is -2.24. The molecule has 2 aromatic rings.